The lowest BCUT2D eigenvalue weighted by atomic mass is 10.4. The van der Waals surface area contributed by atoms with Gasteiger partial charge in [-0.1, -0.05) is 13.0 Å². The number of imidazole rings is 1. The minimum absolute atomic E-state index is 0.0602. The molecule has 2 rings (SSSR count). The van der Waals surface area contributed by atoms with Crippen molar-refractivity contribution in [1.29, 1.82) is 0 Å². The van der Waals surface area contributed by atoms with Crippen molar-refractivity contribution >= 4 is 21.5 Å². The summed E-state index contributed by atoms with van der Waals surface area (Å²) in [6.45, 7) is 1.50. The van der Waals surface area contributed by atoms with Crippen molar-refractivity contribution in [1.82, 2.24) is 9.38 Å². The molecule has 0 N–H and O–H groups in total. The van der Waals surface area contributed by atoms with Crippen molar-refractivity contribution in [2.24, 2.45) is 0 Å². The minimum atomic E-state index is -3.58. The third-order valence-corrected chi connectivity index (χ3v) is 4.19. The zero-order chi connectivity index (χ0) is 13.3. The molecule has 0 saturated heterocycles. The fourth-order valence-corrected chi connectivity index (χ4v) is 2.59. The Morgan fingerprint density at radius 1 is 1.44 bits per heavy atom. The predicted octanol–water partition coefficient (Wildman–Crippen LogP) is 0.915. The van der Waals surface area contributed by atoms with Crippen LogP contribution in [-0.2, 0) is 14.6 Å². The smallest absolute Gasteiger partial charge is 0.358 e. The highest BCUT2D eigenvalue weighted by Gasteiger charge is 2.28. The molecule has 2 aromatic heterocycles. The van der Waals surface area contributed by atoms with E-state index in [0.717, 1.165) is 0 Å². The van der Waals surface area contributed by atoms with E-state index in [1.54, 1.807) is 24.4 Å². The van der Waals surface area contributed by atoms with E-state index in [-0.39, 0.29) is 16.5 Å². The second-order valence-electron chi connectivity index (χ2n) is 3.59. The normalized spacial score (nSPS) is 11.7. The predicted molar refractivity (Wildman–Crippen MR) is 64.3 cm³/mol. The van der Waals surface area contributed by atoms with Crippen LogP contribution >= 0.6 is 0 Å². The number of ether oxygens (including phenoxy) is 1. The molecule has 0 saturated carbocycles. The van der Waals surface area contributed by atoms with E-state index in [1.165, 1.54) is 18.4 Å². The summed E-state index contributed by atoms with van der Waals surface area (Å²) in [4.78, 5) is 15.7. The van der Waals surface area contributed by atoms with Gasteiger partial charge in [0.15, 0.2) is 20.6 Å². The molecular formula is C11H12N2O4S. The lowest BCUT2D eigenvalue weighted by Gasteiger charge is -2.02. The van der Waals surface area contributed by atoms with Gasteiger partial charge in [0.05, 0.1) is 12.9 Å². The van der Waals surface area contributed by atoms with Crippen LogP contribution in [0.5, 0.6) is 0 Å². The first kappa shape index (κ1) is 12.6. The lowest BCUT2D eigenvalue weighted by molar-refractivity contribution is 0.0588. The second-order valence-corrected chi connectivity index (χ2v) is 5.78. The number of esters is 1. The monoisotopic (exact) mass is 268 g/mol. The molecule has 0 spiro atoms. The van der Waals surface area contributed by atoms with Crippen molar-refractivity contribution < 1.29 is 17.9 Å². The molecule has 18 heavy (non-hydrogen) atoms. The number of fused-ring (bicyclic) bond motifs is 1. The van der Waals surface area contributed by atoms with Gasteiger partial charge in [0.25, 0.3) is 0 Å². The molecule has 7 heteroatoms. The summed E-state index contributed by atoms with van der Waals surface area (Å²) >= 11 is 0. The number of carbonyl (C=O) groups is 1. The molecule has 0 radical (unpaired) electrons. The van der Waals surface area contributed by atoms with Crippen LogP contribution in [0.2, 0.25) is 0 Å². The summed E-state index contributed by atoms with van der Waals surface area (Å²) in [5, 5.41) is -0.233. The Labute approximate surface area is 104 Å². The Hall–Kier alpha value is -1.89. The molecule has 6 nitrogen and oxygen atoms in total. The highest BCUT2D eigenvalue weighted by atomic mass is 32.2. The molecule has 2 heterocycles. The first-order valence-corrected chi connectivity index (χ1v) is 6.94. The molecule has 0 aromatic carbocycles. The number of rotatable bonds is 3. The zero-order valence-electron chi connectivity index (χ0n) is 9.95. The molecular weight excluding hydrogens is 256 g/mol. The van der Waals surface area contributed by atoms with Gasteiger partial charge >= 0.3 is 5.97 Å². The van der Waals surface area contributed by atoms with Crippen LogP contribution < -0.4 is 0 Å². The third-order valence-electron chi connectivity index (χ3n) is 2.55. The Kier molecular flexibility index (Phi) is 3.08. The van der Waals surface area contributed by atoms with Crippen molar-refractivity contribution in [3.63, 3.8) is 0 Å². The lowest BCUT2D eigenvalue weighted by Crippen LogP contribution is -2.13. The van der Waals surface area contributed by atoms with Crippen LogP contribution in [0.1, 0.15) is 17.4 Å². The fourth-order valence-electron chi connectivity index (χ4n) is 1.61. The van der Waals surface area contributed by atoms with Gasteiger partial charge in [-0.3, -0.25) is 4.40 Å². The van der Waals surface area contributed by atoms with Crippen LogP contribution in [0.3, 0.4) is 0 Å². The Morgan fingerprint density at radius 2 is 2.17 bits per heavy atom. The van der Waals surface area contributed by atoms with Gasteiger partial charge in [0.1, 0.15) is 5.65 Å². The van der Waals surface area contributed by atoms with Crippen molar-refractivity contribution in [2.45, 2.75) is 11.9 Å². The van der Waals surface area contributed by atoms with Crippen LogP contribution in [-0.4, -0.2) is 36.6 Å². The highest BCUT2D eigenvalue weighted by molar-refractivity contribution is 7.91. The zero-order valence-corrected chi connectivity index (χ0v) is 10.8. The topological polar surface area (TPSA) is 77.7 Å². The van der Waals surface area contributed by atoms with Crippen LogP contribution in [0.4, 0.5) is 0 Å². The molecule has 0 atom stereocenters. The first-order valence-electron chi connectivity index (χ1n) is 5.29. The fraction of sp³-hybridized carbons (Fsp3) is 0.273. The summed E-state index contributed by atoms with van der Waals surface area (Å²) in [6, 6.07) is 5.02. The van der Waals surface area contributed by atoms with Crippen LogP contribution in [0, 0.1) is 0 Å². The van der Waals surface area contributed by atoms with E-state index in [2.05, 4.69) is 9.72 Å². The van der Waals surface area contributed by atoms with Gasteiger partial charge in [0, 0.05) is 6.20 Å². The summed E-state index contributed by atoms with van der Waals surface area (Å²) < 4.78 is 29.9. The quantitative estimate of drug-likeness (QED) is 0.773. The molecule has 0 unspecified atom stereocenters. The molecule has 0 aliphatic carbocycles. The van der Waals surface area contributed by atoms with Gasteiger partial charge in [-0.2, -0.15) is 0 Å². The van der Waals surface area contributed by atoms with Crippen LogP contribution in [0.25, 0.3) is 5.65 Å². The van der Waals surface area contributed by atoms with E-state index in [1.807, 2.05) is 0 Å². The molecule has 0 aliphatic rings. The van der Waals surface area contributed by atoms with Gasteiger partial charge in [-0.25, -0.2) is 18.2 Å². The van der Waals surface area contributed by atoms with Gasteiger partial charge in [0.2, 0.25) is 0 Å². The van der Waals surface area contributed by atoms with E-state index in [0.29, 0.717) is 5.65 Å². The number of pyridine rings is 1. The number of methoxy groups -OCH3 is 1. The molecule has 2 aromatic rings. The van der Waals surface area contributed by atoms with Crippen LogP contribution in [0.15, 0.2) is 29.4 Å². The maximum atomic E-state index is 11.9. The van der Waals surface area contributed by atoms with E-state index in [9.17, 15) is 13.2 Å². The minimum Gasteiger partial charge on any atom is -0.464 e. The SMILES string of the molecule is CCS(=O)(=O)c1nc2ccccn2c1C(=O)OC. The average molecular weight is 268 g/mol. The summed E-state index contributed by atoms with van der Waals surface area (Å²) in [5.41, 5.74) is 0.333. The maximum Gasteiger partial charge on any atom is 0.358 e. The second kappa shape index (κ2) is 4.41. The molecule has 0 fully saturated rings. The van der Waals surface area contributed by atoms with Gasteiger partial charge < -0.3 is 4.74 Å². The van der Waals surface area contributed by atoms with E-state index in [4.69, 9.17) is 0 Å². The summed E-state index contributed by atoms with van der Waals surface area (Å²) in [6.07, 6.45) is 1.57. The first-order chi connectivity index (χ1) is 8.51. The summed E-state index contributed by atoms with van der Waals surface area (Å²) in [5.74, 6) is -0.846. The van der Waals surface area contributed by atoms with Gasteiger partial charge in [-0.05, 0) is 12.1 Å². The number of aromatic nitrogens is 2. The van der Waals surface area contributed by atoms with Gasteiger partial charge in [-0.15, -0.1) is 0 Å². The molecule has 0 bridgehead atoms. The van der Waals surface area contributed by atoms with E-state index < -0.39 is 15.8 Å². The van der Waals surface area contributed by atoms with Crippen molar-refractivity contribution in [3.8, 4) is 0 Å². The van der Waals surface area contributed by atoms with E-state index >= 15 is 0 Å². The number of sulfone groups is 1. The maximum absolute atomic E-state index is 11.9. The third kappa shape index (κ3) is 1.86. The Bertz CT molecular complexity index is 703. The Morgan fingerprint density at radius 3 is 2.78 bits per heavy atom. The Balaban J connectivity index is 2.85. The highest BCUT2D eigenvalue weighted by Crippen LogP contribution is 2.19. The standard InChI is InChI=1S/C11H12N2O4S/c1-3-18(15,16)10-9(11(14)17-2)13-7-5-4-6-8(13)12-10/h4-7H,3H2,1-2H3. The molecule has 0 amide bonds. The average Bonchev–Trinajstić information content (AvgIpc) is 2.78. The number of hydrogen-bond donors (Lipinski definition) is 0. The number of nitrogens with zero attached hydrogens (tertiary/aromatic N) is 2. The molecule has 0 aliphatic heterocycles. The largest absolute Gasteiger partial charge is 0.464 e. The van der Waals surface area contributed by atoms with Crippen molar-refractivity contribution in [3.05, 3.63) is 30.1 Å². The number of carbonyl (C=O) groups excluding carboxylic acids is 1. The molecule has 96 valence electrons. The van der Waals surface area contributed by atoms with Crippen molar-refractivity contribution in [2.75, 3.05) is 12.9 Å². The summed E-state index contributed by atoms with van der Waals surface area (Å²) in [7, 11) is -2.38. The number of hydrogen-bond acceptors (Lipinski definition) is 5.